The first kappa shape index (κ1) is 14.6. The van der Waals surface area contributed by atoms with Crippen LogP contribution < -0.4 is 10.1 Å². The lowest BCUT2D eigenvalue weighted by molar-refractivity contribution is -0.117. The molecule has 0 unspecified atom stereocenters. The molecule has 0 saturated carbocycles. The van der Waals surface area contributed by atoms with Gasteiger partial charge in [0, 0.05) is 26.8 Å². The first-order chi connectivity index (χ1) is 9.06. The molecule has 1 aromatic rings. The first-order valence-electron chi connectivity index (χ1n) is 5.76. The van der Waals surface area contributed by atoms with Crippen LogP contribution >= 0.6 is 0 Å². The lowest BCUT2D eigenvalue weighted by Crippen LogP contribution is -2.25. The van der Waals surface area contributed by atoms with Crippen molar-refractivity contribution in [3.63, 3.8) is 0 Å². The Hall–Kier alpha value is -2.48. The van der Waals surface area contributed by atoms with E-state index < -0.39 is 0 Å². The molecule has 1 amide bonds. The van der Waals surface area contributed by atoms with Crippen molar-refractivity contribution < 1.29 is 9.53 Å². The van der Waals surface area contributed by atoms with Crippen LogP contribution in [0.1, 0.15) is 5.56 Å². The minimum atomic E-state index is -0.382. The van der Waals surface area contributed by atoms with Gasteiger partial charge in [-0.25, -0.2) is 0 Å². The first-order valence-corrected chi connectivity index (χ1v) is 5.76. The quantitative estimate of drug-likeness (QED) is 0.639. The second-order valence-corrected chi connectivity index (χ2v) is 4.15. The summed E-state index contributed by atoms with van der Waals surface area (Å²) in [5.74, 6) is 0.382. The number of nitrogens with zero attached hydrogens (tertiary/aromatic N) is 2. The third kappa shape index (κ3) is 4.72. The summed E-state index contributed by atoms with van der Waals surface area (Å²) in [6.07, 6.45) is 1.49. The maximum absolute atomic E-state index is 11.8. The molecule has 5 heteroatoms. The molecule has 1 rings (SSSR count). The van der Waals surface area contributed by atoms with E-state index in [0.717, 1.165) is 11.3 Å². The van der Waals surface area contributed by atoms with E-state index in [0.29, 0.717) is 6.54 Å². The van der Waals surface area contributed by atoms with Crippen LogP contribution in [0.2, 0.25) is 0 Å². The number of carbonyl (C=O) groups is 1. The molecule has 0 heterocycles. The number of amides is 1. The van der Waals surface area contributed by atoms with Gasteiger partial charge in [0.1, 0.15) is 17.4 Å². The highest BCUT2D eigenvalue weighted by Crippen LogP contribution is 2.11. The highest BCUT2D eigenvalue weighted by molar-refractivity contribution is 5.97. The maximum atomic E-state index is 11.8. The highest BCUT2D eigenvalue weighted by Gasteiger charge is 2.08. The van der Waals surface area contributed by atoms with Gasteiger partial charge in [0.2, 0.25) is 0 Å². The minimum Gasteiger partial charge on any atom is -0.497 e. The van der Waals surface area contributed by atoms with Crippen LogP contribution in [0.3, 0.4) is 0 Å². The van der Waals surface area contributed by atoms with E-state index in [-0.39, 0.29) is 11.5 Å². The molecule has 19 heavy (non-hydrogen) atoms. The fourth-order valence-electron chi connectivity index (χ4n) is 1.42. The zero-order valence-electron chi connectivity index (χ0n) is 11.3. The van der Waals surface area contributed by atoms with Gasteiger partial charge in [0.15, 0.2) is 0 Å². The number of methoxy groups -OCH3 is 1. The third-order valence-corrected chi connectivity index (χ3v) is 2.36. The predicted molar refractivity (Wildman–Crippen MR) is 72.2 cm³/mol. The van der Waals surface area contributed by atoms with Gasteiger partial charge >= 0.3 is 0 Å². The number of rotatable bonds is 5. The monoisotopic (exact) mass is 259 g/mol. The number of hydrogen-bond donors (Lipinski definition) is 1. The van der Waals surface area contributed by atoms with E-state index in [1.807, 2.05) is 30.3 Å². The largest absolute Gasteiger partial charge is 0.497 e. The summed E-state index contributed by atoms with van der Waals surface area (Å²) >= 11 is 0. The van der Waals surface area contributed by atoms with Crippen molar-refractivity contribution in [3.05, 3.63) is 41.6 Å². The van der Waals surface area contributed by atoms with Crippen LogP contribution in [-0.2, 0) is 11.3 Å². The molecule has 0 aliphatic carbocycles. The number of nitriles is 1. The van der Waals surface area contributed by atoms with E-state index >= 15 is 0 Å². The molecule has 1 N–H and O–H groups in total. The summed E-state index contributed by atoms with van der Waals surface area (Å²) in [4.78, 5) is 13.4. The molecule has 0 aliphatic heterocycles. The summed E-state index contributed by atoms with van der Waals surface area (Å²) in [6.45, 7) is 0.370. The van der Waals surface area contributed by atoms with Crippen molar-refractivity contribution in [1.29, 1.82) is 5.26 Å². The topological polar surface area (TPSA) is 65.4 Å². The van der Waals surface area contributed by atoms with Gasteiger partial charge in [0.25, 0.3) is 5.91 Å². The fourth-order valence-corrected chi connectivity index (χ4v) is 1.42. The van der Waals surface area contributed by atoms with E-state index in [9.17, 15) is 4.79 Å². The van der Waals surface area contributed by atoms with Gasteiger partial charge in [-0.1, -0.05) is 12.1 Å². The zero-order chi connectivity index (χ0) is 14.3. The van der Waals surface area contributed by atoms with Gasteiger partial charge in [-0.3, -0.25) is 4.79 Å². The molecule has 5 nitrogen and oxygen atoms in total. The second kappa shape index (κ2) is 7.07. The standard InChI is InChI=1S/C14H17N3O2/c1-17(2)10-12(8-15)14(18)16-9-11-4-6-13(19-3)7-5-11/h4-7,10H,9H2,1-3H3,(H,16,18)/b12-10-. The molecule has 0 atom stereocenters. The van der Waals surface area contributed by atoms with E-state index in [4.69, 9.17) is 10.00 Å². The smallest absolute Gasteiger partial charge is 0.263 e. The van der Waals surface area contributed by atoms with E-state index in [2.05, 4.69) is 5.32 Å². The molecule has 0 aromatic heterocycles. The van der Waals surface area contributed by atoms with Crippen molar-refractivity contribution >= 4 is 5.91 Å². The maximum Gasteiger partial charge on any atom is 0.263 e. The number of nitrogens with one attached hydrogen (secondary N) is 1. The molecule has 0 fully saturated rings. The summed E-state index contributed by atoms with van der Waals surface area (Å²) in [6, 6.07) is 9.24. The zero-order valence-corrected chi connectivity index (χ0v) is 11.3. The van der Waals surface area contributed by atoms with Gasteiger partial charge < -0.3 is 15.0 Å². The van der Waals surface area contributed by atoms with Crippen LogP contribution in [-0.4, -0.2) is 32.0 Å². The van der Waals surface area contributed by atoms with Crippen molar-refractivity contribution in [2.75, 3.05) is 21.2 Å². The van der Waals surface area contributed by atoms with Crippen molar-refractivity contribution in [2.45, 2.75) is 6.54 Å². The molecular formula is C14H17N3O2. The number of ether oxygens (including phenoxy) is 1. The van der Waals surface area contributed by atoms with Gasteiger partial charge in [0.05, 0.1) is 7.11 Å². The van der Waals surface area contributed by atoms with Crippen LogP contribution in [0.25, 0.3) is 0 Å². The summed E-state index contributed by atoms with van der Waals surface area (Å²) in [5, 5.41) is 11.6. The molecule has 0 radical (unpaired) electrons. The van der Waals surface area contributed by atoms with E-state index in [1.54, 1.807) is 26.1 Å². The Kier molecular flexibility index (Phi) is 5.42. The number of benzene rings is 1. The number of carbonyl (C=O) groups excluding carboxylic acids is 1. The average molecular weight is 259 g/mol. The molecule has 0 spiro atoms. The van der Waals surface area contributed by atoms with Crippen LogP contribution in [0.4, 0.5) is 0 Å². The van der Waals surface area contributed by atoms with Gasteiger partial charge in [-0.05, 0) is 17.7 Å². The van der Waals surface area contributed by atoms with Crippen LogP contribution in [0.15, 0.2) is 36.0 Å². The lowest BCUT2D eigenvalue weighted by Gasteiger charge is -2.08. The molecule has 0 bridgehead atoms. The molecule has 100 valence electrons. The average Bonchev–Trinajstić information content (AvgIpc) is 2.42. The SMILES string of the molecule is COc1ccc(CNC(=O)/C(C#N)=C\N(C)C)cc1. The summed E-state index contributed by atoms with van der Waals surface area (Å²) in [7, 11) is 5.12. The minimum absolute atomic E-state index is 0.0820. The van der Waals surface area contributed by atoms with E-state index in [1.165, 1.54) is 6.20 Å². The van der Waals surface area contributed by atoms with Gasteiger partial charge in [-0.2, -0.15) is 5.26 Å². The Labute approximate surface area is 113 Å². The van der Waals surface area contributed by atoms with Gasteiger partial charge in [-0.15, -0.1) is 0 Å². The Morgan fingerprint density at radius 1 is 1.42 bits per heavy atom. The molecule has 1 aromatic carbocycles. The van der Waals surface area contributed by atoms with Crippen LogP contribution in [0, 0.1) is 11.3 Å². The highest BCUT2D eigenvalue weighted by atomic mass is 16.5. The molecular weight excluding hydrogens is 242 g/mol. The third-order valence-electron chi connectivity index (χ3n) is 2.36. The lowest BCUT2D eigenvalue weighted by atomic mass is 10.2. The van der Waals surface area contributed by atoms with Crippen molar-refractivity contribution in [1.82, 2.24) is 10.2 Å². The Morgan fingerprint density at radius 2 is 2.05 bits per heavy atom. The molecule has 0 saturated heterocycles. The summed E-state index contributed by atoms with van der Waals surface area (Å²) in [5.41, 5.74) is 1.02. The molecule has 0 aliphatic rings. The predicted octanol–water partition coefficient (Wildman–Crippen LogP) is 1.28. The van der Waals surface area contributed by atoms with Crippen molar-refractivity contribution in [2.24, 2.45) is 0 Å². The Bertz CT molecular complexity index is 498. The normalized spacial score (nSPS) is 10.5. The second-order valence-electron chi connectivity index (χ2n) is 4.15. The van der Waals surface area contributed by atoms with Crippen LogP contribution in [0.5, 0.6) is 5.75 Å². The van der Waals surface area contributed by atoms with Crippen molar-refractivity contribution in [3.8, 4) is 11.8 Å². The fraction of sp³-hybridized carbons (Fsp3) is 0.286. The number of hydrogen-bond acceptors (Lipinski definition) is 4. The summed E-state index contributed by atoms with van der Waals surface area (Å²) < 4.78 is 5.05. The Morgan fingerprint density at radius 3 is 2.53 bits per heavy atom. The Balaban J connectivity index is 2.60.